The third kappa shape index (κ3) is 2.61. The van der Waals surface area contributed by atoms with Gasteiger partial charge in [-0.25, -0.2) is 0 Å². The van der Waals surface area contributed by atoms with Crippen LogP contribution in [0.2, 0.25) is 0 Å². The molecule has 5 nitrogen and oxygen atoms in total. The molecule has 0 bridgehead atoms. The van der Waals surface area contributed by atoms with E-state index < -0.39 is 0 Å². The van der Waals surface area contributed by atoms with Crippen LogP contribution in [0.15, 0.2) is 53.1 Å². The van der Waals surface area contributed by atoms with Crippen molar-refractivity contribution in [3.63, 3.8) is 0 Å². The molecule has 0 atom stereocenters. The first-order valence-electron chi connectivity index (χ1n) is 6.15. The molecule has 0 unspecified atom stereocenters. The van der Waals surface area contributed by atoms with Gasteiger partial charge in [-0.1, -0.05) is 17.3 Å². The summed E-state index contributed by atoms with van der Waals surface area (Å²) in [6.45, 7) is 1.76. The highest BCUT2D eigenvalue weighted by atomic mass is 16.5. The summed E-state index contributed by atoms with van der Waals surface area (Å²) in [7, 11) is 0. The number of rotatable bonds is 3. The highest BCUT2D eigenvalue weighted by molar-refractivity contribution is 5.57. The maximum absolute atomic E-state index is 5.76. The Morgan fingerprint density at radius 1 is 1.05 bits per heavy atom. The molecule has 2 aromatic carbocycles. The van der Waals surface area contributed by atoms with E-state index in [2.05, 4.69) is 10.1 Å². The van der Waals surface area contributed by atoms with Crippen molar-refractivity contribution >= 4 is 5.69 Å². The summed E-state index contributed by atoms with van der Waals surface area (Å²) < 4.78 is 10.7. The summed E-state index contributed by atoms with van der Waals surface area (Å²) in [5.74, 6) is 2.51. The van der Waals surface area contributed by atoms with Crippen LogP contribution in [0.3, 0.4) is 0 Å². The number of nitrogen functional groups attached to an aromatic ring is 1. The molecule has 0 saturated carbocycles. The van der Waals surface area contributed by atoms with Crippen LogP contribution >= 0.6 is 0 Å². The van der Waals surface area contributed by atoms with Gasteiger partial charge in [0.15, 0.2) is 0 Å². The van der Waals surface area contributed by atoms with E-state index >= 15 is 0 Å². The molecule has 0 amide bonds. The zero-order valence-corrected chi connectivity index (χ0v) is 10.9. The van der Waals surface area contributed by atoms with E-state index in [9.17, 15) is 0 Å². The standard InChI is InChI=1S/C15H13N3O2/c1-10-17-15(18-20-10)11-3-2-4-14(9-11)19-13-7-5-12(16)6-8-13/h2-9H,16H2,1H3. The van der Waals surface area contributed by atoms with E-state index in [0.717, 1.165) is 11.3 Å². The average Bonchev–Trinajstić information content (AvgIpc) is 2.89. The van der Waals surface area contributed by atoms with Crippen LogP contribution in [0.1, 0.15) is 5.89 Å². The Labute approximate surface area is 116 Å². The Bertz CT molecular complexity index is 720. The summed E-state index contributed by atoms with van der Waals surface area (Å²) in [5, 5.41) is 3.89. The molecule has 0 fully saturated rings. The van der Waals surface area contributed by atoms with Gasteiger partial charge < -0.3 is 15.0 Å². The maximum atomic E-state index is 5.76. The highest BCUT2D eigenvalue weighted by Crippen LogP contribution is 2.26. The molecule has 5 heteroatoms. The molecule has 2 N–H and O–H groups in total. The Balaban J connectivity index is 1.86. The summed E-state index contributed by atoms with van der Waals surface area (Å²) in [4.78, 5) is 4.19. The quantitative estimate of drug-likeness (QED) is 0.736. The van der Waals surface area contributed by atoms with Crippen LogP contribution in [0, 0.1) is 6.92 Å². The fraction of sp³-hybridized carbons (Fsp3) is 0.0667. The first-order valence-corrected chi connectivity index (χ1v) is 6.15. The van der Waals surface area contributed by atoms with Crippen LogP contribution < -0.4 is 10.5 Å². The summed E-state index contributed by atoms with van der Waals surface area (Å²) in [6.07, 6.45) is 0. The number of aryl methyl sites for hydroxylation is 1. The van der Waals surface area contributed by atoms with Crippen LogP contribution in [0.5, 0.6) is 11.5 Å². The number of hydrogen-bond acceptors (Lipinski definition) is 5. The lowest BCUT2D eigenvalue weighted by atomic mass is 10.2. The molecule has 0 saturated heterocycles. The predicted molar refractivity (Wildman–Crippen MR) is 75.4 cm³/mol. The SMILES string of the molecule is Cc1nc(-c2cccc(Oc3ccc(N)cc3)c2)no1. The van der Waals surface area contributed by atoms with E-state index in [1.54, 1.807) is 19.1 Å². The lowest BCUT2D eigenvalue weighted by molar-refractivity contribution is 0.394. The van der Waals surface area contributed by atoms with Gasteiger partial charge in [-0.05, 0) is 36.4 Å². The molecular weight excluding hydrogens is 254 g/mol. The second-order valence-corrected chi connectivity index (χ2v) is 4.34. The number of nitrogens with two attached hydrogens (primary N) is 1. The van der Waals surface area contributed by atoms with Crippen LogP contribution in [-0.2, 0) is 0 Å². The van der Waals surface area contributed by atoms with Gasteiger partial charge in [0.1, 0.15) is 11.5 Å². The minimum Gasteiger partial charge on any atom is -0.457 e. The number of benzene rings is 2. The Kier molecular flexibility index (Phi) is 3.09. The summed E-state index contributed by atoms with van der Waals surface area (Å²) >= 11 is 0. The highest BCUT2D eigenvalue weighted by Gasteiger charge is 2.07. The molecule has 0 aliphatic carbocycles. The van der Waals surface area contributed by atoms with Gasteiger partial charge in [0.2, 0.25) is 11.7 Å². The topological polar surface area (TPSA) is 74.2 Å². The van der Waals surface area contributed by atoms with Gasteiger partial charge in [0.25, 0.3) is 0 Å². The van der Waals surface area contributed by atoms with Crippen molar-refractivity contribution in [2.24, 2.45) is 0 Å². The maximum Gasteiger partial charge on any atom is 0.223 e. The lowest BCUT2D eigenvalue weighted by Crippen LogP contribution is -1.88. The van der Waals surface area contributed by atoms with Crippen LogP contribution in [0.4, 0.5) is 5.69 Å². The molecule has 20 heavy (non-hydrogen) atoms. The van der Waals surface area contributed by atoms with Crippen molar-refractivity contribution in [2.75, 3.05) is 5.73 Å². The molecule has 1 heterocycles. The number of nitrogens with zero attached hydrogens (tertiary/aromatic N) is 2. The zero-order valence-electron chi connectivity index (χ0n) is 10.9. The molecule has 100 valence electrons. The van der Waals surface area contributed by atoms with Crippen molar-refractivity contribution in [1.82, 2.24) is 10.1 Å². The molecule has 1 aromatic heterocycles. The van der Waals surface area contributed by atoms with Gasteiger partial charge in [0.05, 0.1) is 0 Å². The third-order valence-corrected chi connectivity index (χ3v) is 2.74. The van der Waals surface area contributed by atoms with Crippen molar-refractivity contribution in [1.29, 1.82) is 0 Å². The smallest absolute Gasteiger partial charge is 0.223 e. The van der Waals surface area contributed by atoms with Crippen LogP contribution in [-0.4, -0.2) is 10.1 Å². The Hall–Kier alpha value is -2.82. The molecular formula is C15H13N3O2. The first kappa shape index (κ1) is 12.2. The fourth-order valence-electron chi connectivity index (χ4n) is 1.79. The summed E-state index contributed by atoms with van der Waals surface area (Å²) in [5.41, 5.74) is 7.18. The number of ether oxygens (including phenoxy) is 1. The van der Waals surface area contributed by atoms with Crippen LogP contribution in [0.25, 0.3) is 11.4 Å². The van der Waals surface area contributed by atoms with E-state index in [0.29, 0.717) is 23.2 Å². The molecule has 3 aromatic rings. The molecule has 0 aliphatic heterocycles. The van der Waals surface area contributed by atoms with E-state index in [4.69, 9.17) is 15.0 Å². The van der Waals surface area contributed by atoms with E-state index in [1.165, 1.54) is 0 Å². The minimum atomic E-state index is 0.532. The second kappa shape index (κ2) is 5.05. The average molecular weight is 267 g/mol. The second-order valence-electron chi connectivity index (χ2n) is 4.34. The Morgan fingerprint density at radius 3 is 2.55 bits per heavy atom. The lowest BCUT2D eigenvalue weighted by Gasteiger charge is -2.06. The zero-order chi connectivity index (χ0) is 13.9. The van der Waals surface area contributed by atoms with Gasteiger partial charge >= 0.3 is 0 Å². The minimum absolute atomic E-state index is 0.532. The molecule has 3 rings (SSSR count). The van der Waals surface area contributed by atoms with Crippen molar-refractivity contribution in [3.8, 4) is 22.9 Å². The first-order chi connectivity index (χ1) is 9.70. The third-order valence-electron chi connectivity index (χ3n) is 2.74. The monoisotopic (exact) mass is 267 g/mol. The summed E-state index contributed by atoms with van der Waals surface area (Å²) in [6, 6.07) is 14.7. The number of anilines is 1. The van der Waals surface area contributed by atoms with E-state index in [1.807, 2.05) is 36.4 Å². The van der Waals surface area contributed by atoms with Gasteiger partial charge in [-0.3, -0.25) is 0 Å². The largest absolute Gasteiger partial charge is 0.457 e. The van der Waals surface area contributed by atoms with E-state index in [-0.39, 0.29) is 0 Å². The van der Waals surface area contributed by atoms with Gasteiger partial charge in [-0.15, -0.1) is 0 Å². The fourth-order valence-corrected chi connectivity index (χ4v) is 1.79. The van der Waals surface area contributed by atoms with Crippen molar-refractivity contribution in [2.45, 2.75) is 6.92 Å². The Morgan fingerprint density at radius 2 is 1.85 bits per heavy atom. The van der Waals surface area contributed by atoms with Crippen molar-refractivity contribution in [3.05, 3.63) is 54.4 Å². The number of aromatic nitrogens is 2. The molecule has 0 spiro atoms. The number of hydrogen-bond donors (Lipinski definition) is 1. The van der Waals surface area contributed by atoms with Gasteiger partial charge in [0, 0.05) is 18.2 Å². The molecule has 0 aliphatic rings. The molecule has 0 radical (unpaired) electrons. The predicted octanol–water partition coefficient (Wildman–Crippen LogP) is 3.42. The van der Waals surface area contributed by atoms with Crippen molar-refractivity contribution < 1.29 is 9.26 Å². The van der Waals surface area contributed by atoms with Gasteiger partial charge in [-0.2, -0.15) is 4.98 Å². The normalized spacial score (nSPS) is 10.4.